The minimum absolute atomic E-state index is 1.07. The van der Waals surface area contributed by atoms with Crippen molar-refractivity contribution in [2.24, 2.45) is 0 Å². The van der Waals surface area contributed by atoms with Crippen molar-refractivity contribution in [2.75, 3.05) is 5.32 Å². The first-order valence-corrected chi connectivity index (χ1v) is 5.80. The Labute approximate surface area is 93.2 Å². The van der Waals surface area contributed by atoms with Gasteiger partial charge in [0.2, 0.25) is 0 Å². The SMILES string of the molecule is C=C1CCc2ccccc2N1.CCCC. The van der Waals surface area contributed by atoms with Gasteiger partial charge in [0.15, 0.2) is 0 Å². The molecule has 0 bridgehead atoms. The van der Waals surface area contributed by atoms with Crippen molar-refractivity contribution in [1.29, 1.82) is 0 Å². The highest BCUT2D eigenvalue weighted by atomic mass is 14.9. The topological polar surface area (TPSA) is 12.0 Å². The molecular weight excluding hydrogens is 182 g/mol. The maximum atomic E-state index is 3.90. The minimum atomic E-state index is 1.07. The molecule has 1 aromatic rings. The summed E-state index contributed by atoms with van der Waals surface area (Å²) in [6.07, 6.45) is 4.83. The highest BCUT2D eigenvalue weighted by Crippen LogP contribution is 2.24. The number of fused-ring (bicyclic) bond motifs is 1. The standard InChI is InChI=1S/C10H11N.C4H10/c1-8-6-7-9-4-2-3-5-10(9)11-8;1-3-4-2/h2-5,11H,1,6-7H2;3-4H2,1-2H3. The summed E-state index contributed by atoms with van der Waals surface area (Å²) in [4.78, 5) is 0. The molecule has 1 aliphatic heterocycles. The molecule has 0 unspecified atom stereocenters. The van der Waals surface area contributed by atoms with Crippen molar-refractivity contribution in [3.63, 3.8) is 0 Å². The molecule has 82 valence electrons. The quantitative estimate of drug-likeness (QED) is 0.715. The van der Waals surface area contributed by atoms with Crippen molar-refractivity contribution in [3.05, 3.63) is 42.1 Å². The summed E-state index contributed by atoms with van der Waals surface area (Å²) in [5.74, 6) is 0. The number of allylic oxidation sites excluding steroid dienone is 1. The van der Waals surface area contributed by atoms with Crippen molar-refractivity contribution >= 4 is 5.69 Å². The van der Waals surface area contributed by atoms with Crippen molar-refractivity contribution < 1.29 is 0 Å². The first-order valence-electron chi connectivity index (χ1n) is 5.80. The van der Waals surface area contributed by atoms with Crippen LogP contribution in [0.25, 0.3) is 0 Å². The molecule has 0 aromatic heterocycles. The Morgan fingerprint density at radius 3 is 2.47 bits per heavy atom. The third-order valence-corrected chi connectivity index (χ3v) is 2.52. The molecule has 2 rings (SSSR count). The molecule has 1 nitrogen and oxygen atoms in total. The molecule has 0 aliphatic carbocycles. The molecule has 1 aromatic carbocycles. The lowest BCUT2D eigenvalue weighted by molar-refractivity contribution is 0.886. The van der Waals surface area contributed by atoms with Crippen LogP contribution in [0.5, 0.6) is 0 Å². The minimum Gasteiger partial charge on any atom is -0.359 e. The molecule has 1 heteroatoms. The number of nitrogens with one attached hydrogen (secondary N) is 1. The van der Waals surface area contributed by atoms with E-state index in [2.05, 4.69) is 43.9 Å². The molecule has 1 aliphatic rings. The molecule has 0 radical (unpaired) electrons. The Hall–Kier alpha value is -1.24. The summed E-state index contributed by atoms with van der Waals surface area (Å²) in [5, 5.41) is 3.27. The maximum Gasteiger partial charge on any atom is 0.0414 e. The summed E-state index contributed by atoms with van der Waals surface area (Å²) in [7, 11) is 0. The number of unbranched alkanes of at least 4 members (excludes halogenated alkanes) is 1. The van der Waals surface area contributed by atoms with Crippen molar-refractivity contribution in [2.45, 2.75) is 39.5 Å². The van der Waals surface area contributed by atoms with Crippen LogP contribution in [0.15, 0.2) is 36.5 Å². The number of hydrogen-bond acceptors (Lipinski definition) is 1. The van der Waals surface area contributed by atoms with E-state index in [0.717, 1.165) is 18.5 Å². The van der Waals surface area contributed by atoms with Crippen LogP contribution in [0.4, 0.5) is 5.69 Å². The molecule has 15 heavy (non-hydrogen) atoms. The van der Waals surface area contributed by atoms with Gasteiger partial charge in [-0.1, -0.05) is 51.5 Å². The van der Waals surface area contributed by atoms with Crippen LogP contribution >= 0.6 is 0 Å². The number of benzene rings is 1. The van der Waals surface area contributed by atoms with Gasteiger partial charge in [0.1, 0.15) is 0 Å². The smallest absolute Gasteiger partial charge is 0.0414 e. The normalized spacial score (nSPS) is 13.3. The Balaban J connectivity index is 0.000000245. The van der Waals surface area contributed by atoms with Gasteiger partial charge in [-0.15, -0.1) is 0 Å². The third kappa shape index (κ3) is 3.78. The van der Waals surface area contributed by atoms with Crippen molar-refractivity contribution in [1.82, 2.24) is 0 Å². The summed E-state index contributed by atoms with van der Waals surface area (Å²) in [5.41, 5.74) is 3.76. The van der Waals surface area contributed by atoms with Gasteiger partial charge in [-0.25, -0.2) is 0 Å². The van der Waals surface area contributed by atoms with Crippen molar-refractivity contribution in [3.8, 4) is 0 Å². The molecule has 0 fully saturated rings. The highest BCUT2D eigenvalue weighted by molar-refractivity contribution is 5.57. The zero-order valence-electron chi connectivity index (χ0n) is 9.84. The van der Waals surface area contributed by atoms with Gasteiger partial charge >= 0.3 is 0 Å². The number of para-hydroxylation sites is 1. The van der Waals surface area contributed by atoms with E-state index >= 15 is 0 Å². The number of rotatable bonds is 1. The second kappa shape index (κ2) is 6.28. The largest absolute Gasteiger partial charge is 0.359 e. The van der Waals surface area contributed by atoms with Crippen LogP contribution in [0.3, 0.4) is 0 Å². The Morgan fingerprint density at radius 1 is 1.13 bits per heavy atom. The van der Waals surface area contributed by atoms with Gasteiger partial charge < -0.3 is 5.32 Å². The Morgan fingerprint density at radius 2 is 1.80 bits per heavy atom. The van der Waals surface area contributed by atoms with Gasteiger partial charge in [0.05, 0.1) is 0 Å². The lowest BCUT2D eigenvalue weighted by Crippen LogP contribution is -2.08. The van der Waals surface area contributed by atoms with E-state index in [1.54, 1.807) is 0 Å². The van der Waals surface area contributed by atoms with E-state index in [0.29, 0.717) is 0 Å². The van der Waals surface area contributed by atoms with Gasteiger partial charge in [0.25, 0.3) is 0 Å². The van der Waals surface area contributed by atoms with E-state index in [9.17, 15) is 0 Å². The average Bonchev–Trinajstić information content (AvgIpc) is 2.29. The predicted molar refractivity (Wildman–Crippen MR) is 68.1 cm³/mol. The number of hydrogen-bond donors (Lipinski definition) is 1. The molecule has 0 spiro atoms. The van der Waals surface area contributed by atoms with Crippen LogP contribution in [0, 0.1) is 0 Å². The molecular formula is C14H21N. The lowest BCUT2D eigenvalue weighted by Gasteiger charge is -2.19. The third-order valence-electron chi connectivity index (χ3n) is 2.52. The van der Waals surface area contributed by atoms with Gasteiger partial charge in [-0.2, -0.15) is 0 Å². The van der Waals surface area contributed by atoms with Crippen LogP contribution in [-0.4, -0.2) is 0 Å². The second-order valence-corrected chi connectivity index (χ2v) is 3.89. The van der Waals surface area contributed by atoms with Crippen LogP contribution in [-0.2, 0) is 6.42 Å². The molecule has 0 saturated heterocycles. The zero-order chi connectivity index (χ0) is 11.1. The fourth-order valence-corrected chi connectivity index (χ4v) is 1.40. The highest BCUT2D eigenvalue weighted by Gasteiger charge is 2.08. The Kier molecular flexibility index (Phi) is 4.96. The van der Waals surface area contributed by atoms with E-state index < -0.39 is 0 Å². The van der Waals surface area contributed by atoms with E-state index in [1.165, 1.54) is 24.1 Å². The second-order valence-electron chi connectivity index (χ2n) is 3.89. The summed E-state index contributed by atoms with van der Waals surface area (Å²) >= 11 is 0. The molecule has 0 amide bonds. The van der Waals surface area contributed by atoms with Gasteiger partial charge in [0, 0.05) is 11.4 Å². The lowest BCUT2D eigenvalue weighted by atomic mass is 10.0. The summed E-state index contributed by atoms with van der Waals surface area (Å²) in [6.45, 7) is 8.26. The number of anilines is 1. The molecule has 1 heterocycles. The van der Waals surface area contributed by atoms with Gasteiger partial charge in [-0.05, 0) is 24.5 Å². The van der Waals surface area contributed by atoms with E-state index in [-0.39, 0.29) is 0 Å². The van der Waals surface area contributed by atoms with Gasteiger partial charge in [-0.3, -0.25) is 0 Å². The first-order chi connectivity index (χ1) is 7.27. The molecule has 0 atom stereocenters. The monoisotopic (exact) mass is 203 g/mol. The zero-order valence-corrected chi connectivity index (χ0v) is 9.84. The molecule has 0 saturated carbocycles. The van der Waals surface area contributed by atoms with Crippen LogP contribution in [0.2, 0.25) is 0 Å². The summed E-state index contributed by atoms with van der Waals surface area (Å²) < 4.78 is 0. The van der Waals surface area contributed by atoms with Crippen LogP contribution in [0.1, 0.15) is 38.7 Å². The summed E-state index contributed by atoms with van der Waals surface area (Å²) in [6, 6.07) is 8.38. The fraction of sp³-hybridized carbons (Fsp3) is 0.429. The Bertz CT molecular complexity index is 313. The fourth-order valence-electron chi connectivity index (χ4n) is 1.40. The average molecular weight is 203 g/mol. The first kappa shape index (κ1) is 11.8. The number of aryl methyl sites for hydroxylation is 1. The van der Waals surface area contributed by atoms with E-state index in [1.807, 2.05) is 6.07 Å². The molecule has 1 N–H and O–H groups in total. The maximum absolute atomic E-state index is 3.90. The predicted octanol–water partition coefficient (Wildman–Crippen LogP) is 4.36. The van der Waals surface area contributed by atoms with Crippen LogP contribution < -0.4 is 5.32 Å². The van der Waals surface area contributed by atoms with E-state index in [4.69, 9.17) is 0 Å².